The van der Waals surface area contributed by atoms with Gasteiger partial charge in [0.05, 0.1) is 13.2 Å². The first kappa shape index (κ1) is 25.6. The molecule has 0 bridgehead atoms. The lowest BCUT2D eigenvalue weighted by atomic mass is 9.94. The van der Waals surface area contributed by atoms with Gasteiger partial charge in [-0.05, 0) is 74.1 Å². The number of hydrogen-bond acceptors (Lipinski definition) is 6. The van der Waals surface area contributed by atoms with Gasteiger partial charge >= 0.3 is 12.1 Å². The fourth-order valence-corrected chi connectivity index (χ4v) is 6.00. The second-order valence-electron chi connectivity index (χ2n) is 10.1. The predicted molar refractivity (Wildman–Crippen MR) is 139 cm³/mol. The molecule has 1 spiro atoms. The quantitative estimate of drug-likeness (QED) is 0.622. The molecule has 200 valence electrons. The normalized spacial score (nSPS) is 24.0. The lowest BCUT2D eigenvalue weighted by Gasteiger charge is -2.31. The number of amides is 5. The minimum absolute atomic E-state index is 0.0323. The number of benzene rings is 2. The molecular formula is C28H32N4O6. The van der Waals surface area contributed by atoms with Crippen molar-refractivity contribution in [3.63, 3.8) is 0 Å². The van der Waals surface area contributed by atoms with Crippen molar-refractivity contribution in [2.45, 2.75) is 57.2 Å². The fourth-order valence-electron chi connectivity index (χ4n) is 6.00. The number of nitrogens with one attached hydrogen (secondary N) is 2. The van der Waals surface area contributed by atoms with Crippen molar-refractivity contribution in [1.29, 1.82) is 0 Å². The van der Waals surface area contributed by atoms with Gasteiger partial charge < -0.3 is 25.0 Å². The van der Waals surface area contributed by atoms with Crippen LogP contribution in [0.4, 0.5) is 15.3 Å². The Bertz CT molecular complexity index is 1330. The first-order valence-corrected chi connectivity index (χ1v) is 12.8. The van der Waals surface area contributed by atoms with E-state index in [1.807, 2.05) is 32.0 Å². The summed E-state index contributed by atoms with van der Waals surface area (Å²) in [5.41, 5.74) is 2.59. The Labute approximate surface area is 221 Å². The van der Waals surface area contributed by atoms with Crippen molar-refractivity contribution in [2.24, 2.45) is 0 Å². The highest BCUT2D eigenvalue weighted by molar-refractivity contribution is 6.06. The SMILES string of the molecule is CNC(=O)Nc1ccc2c(c1)CCC21OC(=O)N(CC(=O)N2[C@@H](c3ccc(OC)cc3C)CC[C@@H]2C)C1=O. The van der Waals surface area contributed by atoms with E-state index in [0.717, 1.165) is 40.2 Å². The Morgan fingerprint density at radius 1 is 1.16 bits per heavy atom. The third kappa shape index (κ3) is 4.13. The van der Waals surface area contributed by atoms with Crippen LogP contribution in [0.1, 0.15) is 54.5 Å². The Morgan fingerprint density at radius 2 is 1.95 bits per heavy atom. The van der Waals surface area contributed by atoms with Crippen LogP contribution < -0.4 is 15.4 Å². The van der Waals surface area contributed by atoms with Gasteiger partial charge in [0.2, 0.25) is 11.5 Å². The van der Waals surface area contributed by atoms with Crippen molar-refractivity contribution < 1.29 is 28.7 Å². The molecule has 2 aromatic rings. The van der Waals surface area contributed by atoms with Crippen molar-refractivity contribution >= 4 is 29.6 Å². The molecule has 38 heavy (non-hydrogen) atoms. The van der Waals surface area contributed by atoms with Gasteiger partial charge in [-0.2, -0.15) is 0 Å². The van der Waals surface area contributed by atoms with E-state index in [4.69, 9.17) is 9.47 Å². The topological polar surface area (TPSA) is 117 Å². The monoisotopic (exact) mass is 520 g/mol. The molecule has 3 atom stereocenters. The molecule has 2 aromatic carbocycles. The summed E-state index contributed by atoms with van der Waals surface area (Å²) < 4.78 is 11.0. The highest BCUT2D eigenvalue weighted by Crippen LogP contribution is 2.46. The first-order valence-electron chi connectivity index (χ1n) is 12.8. The first-order chi connectivity index (χ1) is 18.2. The van der Waals surface area contributed by atoms with Crippen LogP contribution in [0.3, 0.4) is 0 Å². The second-order valence-corrected chi connectivity index (χ2v) is 10.1. The number of methoxy groups -OCH3 is 1. The largest absolute Gasteiger partial charge is 0.497 e. The van der Waals surface area contributed by atoms with Crippen LogP contribution in [0.5, 0.6) is 5.75 Å². The number of fused-ring (bicyclic) bond motifs is 2. The molecule has 3 aliphatic rings. The molecule has 5 amide bonds. The summed E-state index contributed by atoms with van der Waals surface area (Å²) in [4.78, 5) is 54.6. The minimum Gasteiger partial charge on any atom is -0.497 e. The van der Waals surface area contributed by atoms with E-state index in [-0.39, 0.29) is 37.0 Å². The minimum atomic E-state index is -1.44. The van der Waals surface area contributed by atoms with E-state index in [2.05, 4.69) is 10.6 Å². The number of urea groups is 1. The summed E-state index contributed by atoms with van der Waals surface area (Å²) in [6.07, 6.45) is 1.59. The number of ether oxygens (including phenoxy) is 2. The maximum atomic E-state index is 13.6. The highest BCUT2D eigenvalue weighted by Gasteiger charge is 2.58. The number of carbonyl (C=O) groups is 4. The molecule has 2 saturated heterocycles. The number of anilines is 1. The van der Waals surface area contributed by atoms with Gasteiger partial charge in [0, 0.05) is 30.8 Å². The van der Waals surface area contributed by atoms with E-state index in [0.29, 0.717) is 17.7 Å². The number of aryl methyl sites for hydroxylation is 2. The van der Waals surface area contributed by atoms with E-state index >= 15 is 0 Å². The molecule has 2 fully saturated rings. The zero-order valence-electron chi connectivity index (χ0n) is 22.0. The number of imide groups is 1. The van der Waals surface area contributed by atoms with Gasteiger partial charge in [0.25, 0.3) is 5.91 Å². The summed E-state index contributed by atoms with van der Waals surface area (Å²) in [5.74, 6) is -0.0641. The van der Waals surface area contributed by atoms with Gasteiger partial charge in [-0.3, -0.25) is 9.59 Å². The molecule has 10 heteroatoms. The Balaban J connectivity index is 1.36. The van der Waals surface area contributed by atoms with Gasteiger partial charge in [-0.25, -0.2) is 14.5 Å². The summed E-state index contributed by atoms with van der Waals surface area (Å²) in [6.45, 7) is 3.60. The van der Waals surface area contributed by atoms with Crippen LogP contribution in [0.25, 0.3) is 0 Å². The van der Waals surface area contributed by atoms with E-state index in [9.17, 15) is 19.2 Å². The average Bonchev–Trinajstić information content (AvgIpc) is 3.53. The lowest BCUT2D eigenvalue weighted by Crippen LogP contribution is -2.46. The van der Waals surface area contributed by atoms with Gasteiger partial charge in [-0.1, -0.05) is 12.1 Å². The van der Waals surface area contributed by atoms with Gasteiger partial charge in [0.15, 0.2) is 0 Å². The van der Waals surface area contributed by atoms with E-state index in [1.54, 1.807) is 30.2 Å². The third-order valence-electron chi connectivity index (χ3n) is 7.93. The van der Waals surface area contributed by atoms with Gasteiger partial charge in [0.1, 0.15) is 12.3 Å². The summed E-state index contributed by atoms with van der Waals surface area (Å²) in [6, 6.07) is 10.4. The number of nitrogens with zero attached hydrogens (tertiary/aromatic N) is 2. The molecule has 5 rings (SSSR count). The molecule has 0 aromatic heterocycles. The smallest absolute Gasteiger partial charge is 0.418 e. The van der Waals surface area contributed by atoms with Crippen LogP contribution in [0, 0.1) is 6.92 Å². The molecular weight excluding hydrogens is 488 g/mol. The molecule has 0 saturated carbocycles. The molecule has 10 nitrogen and oxygen atoms in total. The lowest BCUT2D eigenvalue weighted by molar-refractivity contribution is -0.143. The molecule has 2 heterocycles. The number of rotatable bonds is 5. The number of carbonyl (C=O) groups excluding carboxylic acids is 4. The Hall–Kier alpha value is -4.08. The maximum Gasteiger partial charge on any atom is 0.418 e. The summed E-state index contributed by atoms with van der Waals surface area (Å²) in [7, 11) is 3.14. The molecule has 1 aliphatic carbocycles. The van der Waals surface area contributed by atoms with Crippen LogP contribution in [-0.2, 0) is 26.3 Å². The highest BCUT2D eigenvalue weighted by atomic mass is 16.6. The predicted octanol–water partition coefficient (Wildman–Crippen LogP) is 3.63. The zero-order chi connectivity index (χ0) is 27.2. The fraction of sp³-hybridized carbons (Fsp3) is 0.429. The Kier molecular flexibility index (Phi) is 6.50. The van der Waals surface area contributed by atoms with Crippen LogP contribution >= 0.6 is 0 Å². The van der Waals surface area contributed by atoms with Crippen LogP contribution in [0.2, 0.25) is 0 Å². The molecule has 0 radical (unpaired) electrons. The van der Waals surface area contributed by atoms with Crippen molar-refractivity contribution in [1.82, 2.24) is 15.1 Å². The number of likely N-dealkylation sites (tertiary alicyclic amines) is 1. The standard InChI is InChI=1S/C28H32N4O6/c1-16-13-20(37-4)7-8-21(16)23-10-5-17(2)32(23)24(33)15-31-25(34)28(38-27(31)36)12-11-18-14-19(6-9-22(18)28)30-26(35)29-3/h6-9,13-14,17,23H,5,10-12,15H2,1-4H3,(H2,29,30,35)/t17-,23+,28?/m0/s1. The van der Waals surface area contributed by atoms with Crippen molar-refractivity contribution in [3.8, 4) is 5.75 Å². The van der Waals surface area contributed by atoms with Crippen molar-refractivity contribution in [2.75, 3.05) is 26.0 Å². The average molecular weight is 521 g/mol. The second kappa shape index (κ2) is 9.66. The third-order valence-corrected chi connectivity index (χ3v) is 7.93. The van der Waals surface area contributed by atoms with Crippen LogP contribution in [-0.4, -0.2) is 60.5 Å². The van der Waals surface area contributed by atoms with Crippen molar-refractivity contribution in [3.05, 3.63) is 58.7 Å². The maximum absolute atomic E-state index is 13.6. The number of hydrogen-bond donors (Lipinski definition) is 2. The van der Waals surface area contributed by atoms with E-state index in [1.165, 1.54) is 7.05 Å². The van der Waals surface area contributed by atoms with E-state index < -0.39 is 17.6 Å². The summed E-state index contributed by atoms with van der Waals surface area (Å²) in [5, 5.41) is 5.20. The summed E-state index contributed by atoms with van der Waals surface area (Å²) >= 11 is 0. The molecule has 2 aliphatic heterocycles. The molecule has 1 unspecified atom stereocenters. The molecule has 2 N–H and O–H groups in total. The van der Waals surface area contributed by atoms with Gasteiger partial charge in [-0.15, -0.1) is 0 Å². The Morgan fingerprint density at radius 3 is 2.66 bits per heavy atom. The van der Waals surface area contributed by atoms with Crippen LogP contribution in [0.15, 0.2) is 36.4 Å². The zero-order valence-corrected chi connectivity index (χ0v) is 22.0.